The maximum absolute atomic E-state index is 11.1. The van der Waals surface area contributed by atoms with Crippen LogP contribution in [0.1, 0.15) is 25.1 Å². The minimum Gasteiger partial charge on any atom is -0.356 e. The predicted octanol–water partition coefficient (Wildman–Crippen LogP) is 0.941. The first-order chi connectivity index (χ1) is 9.44. The molecule has 1 aliphatic rings. The van der Waals surface area contributed by atoms with E-state index in [4.69, 9.17) is 0 Å². The number of nitrogens with zero attached hydrogens (tertiary/aromatic N) is 3. The molecule has 6 nitrogen and oxygen atoms in total. The van der Waals surface area contributed by atoms with Gasteiger partial charge in [0.05, 0.1) is 6.26 Å². The molecule has 1 aromatic rings. The number of anilines is 1. The molecule has 1 fully saturated rings. The van der Waals surface area contributed by atoms with Gasteiger partial charge in [-0.1, -0.05) is 0 Å². The number of nitrogens with one attached hydrogen (secondary N) is 1. The summed E-state index contributed by atoms with van der Waals surface area (Å²) < 4.78 is 24.7. The Hall–Kier alpha value is -1.21. The van der Waals surface area contributed by atoms with Gasteiger partial charge < -0.3 is 4.90 Å². The lowest BCUT2D eigenvalue weighted by atomic mass is 9.95. The molecule has 2 rings (SSSR count). The number of aromatic nitrogens is 2. The van der Waals surface area contributed by atoms with Crippen LogP contribution in [0.3, 0.4) is 0 Å². The zero-order valence-corrected chi connectivity index (χ0v) is 12.9. The summed E-state index contributed by atoms with van der Waals surface area (Å²) in [5.41, 5.74) is 0. The van der Waals surface area contributed by atoms with Gasteiger partial charge >= 0.3 is 0 Å². The topological polar surface area (TPSA) is 75.2 Å². The molecule has 1 atom stereocenters. The second kappa shape index (κ2) is 6.49. The van der Waals surface area contributed by atoms with Gasteiger partial charge in [-0.05, 0) is 38.2 Å². The molecule has 0 saturated carbocycles. The summed E-state index contributed by atoms with van der Waals surface area (Å²) in [4.78, 5) is 10.8. The summed E-state index contributed by atoms with van der Waals surface area (Å²) >= 11 is 0. The van der Waals surface area contributed by atoms with Gasteiger partial charge in [0.15, 0.2) is 0 Å². The highest BCUT2D eigenvalue weighted by Crippen LogP contribution is 2.23. The van der Waals surface area contributed by atoms with Crippen LogP contribution in [-0.4, -0.2) is 44.3 Å². The van der Waals surface area contributed by atoms with Gasteiger partial charge in [-0.15, -0.1) is 0 Å². The first-order valence-corrected chi connectivity index (χ1v) is 8.82. The normalized spacial score (nSPS) is 20.1. The molecule has 1 N–H and O–H groups in total. The zero-order chi connectivity index (χ0) is 14.6. The van der Waals surface area contributed by atoms with Crippen LogP contribution in [0.25, 0.3) is 0 Å². The standard InChI is InChI=1S/C13H22N4O2S/c1-11-14-7-6-13(16-11)17-9-3-4-12(10-17)5-8-15-20(2,18)19/h6-7,12,15H,3-5,8-10H2,1-2H3/t12-/m0/s1. The zero-order valence-electron chi connectivity index (χ0n) is 12.0. The molecule has 0 aliphatic carbocycles. The van der Waals surface area contributed by atoms with E-state index in [0.717, 1.165) is 44.0 Å². The van der Waals surface area contributed by atoms with Crippen molar-refractivity contribution in [2.45, 2.75) is 26.2 Å². The van der Waals surface area contributed by atoms with Gasteiger partial charge in [0.1, 0.15) is 11.6 Å². The van der Waals surface area contributed by atoms with E-state index in [1.54, 1.807) is 6.20 Å². The van der Waals surface area contributed by atoms with E-state index in [1.165, 1.54) is 6.26 Å². The maximum atomic E-state index is 11.1. The van der Waals surface area contributed by atoms with Gasteiger partial charge in [-0.3, -0.25) is 0 Å². The molecule has 0 aromatic carbocycles. The Labute approximate surface area is 120 Å². The van der Waals surface area contributed by atoms with Crippen LogP contribution in [0.4, 0.5) is 5.82 Å². The molecular weight excluding hydrogens is 276 g/mol. The van der Waals surface area contributed by atoms with E-state index < -0.39 is 10.0 Å². The molecule has 2 heterocycles. The Kier molecular flexibility index (Phi) is 4.93. The van der Waals surface area contributed by atoms with Crippen LogP contribution in [0.2, 0.25) is 0 Å². The highest BCUT2D eigenvalue weighted by atomic mass is 32.2. The Morgan fingerprint density at radius 2 is 2.30 bits per heavy atom. The third kappa shape index (κ3) is 4.72. The minimum atomic E-state index is -3.08. The van der Waals surface area contributed by atoms with Crippen LogP contribution in [0.5, 0.6) is 0 Å². The number of aryl methyl sites for hydroxylation is 1. The minimum absolute atomic E-state index is 0.508. The number of rotatable bonds is 5. The van der Waals surface area contributed by atoms with Gasteiger partial charge in [0.2, 0.25) is 10.0 Å². The van der Waals surface area contributed by atoms with Crippen LogP contribution < -0.4 is 9.62 Å². The van der Waals surface area contributed by atoms with Gasteiger partial charge in [0.25, 0.3) is 0 Å². The lowest BCUT2D eigenvalue weighted by Gasteiger charge is -2.33. The third-order valence-electron chi connectivity index (χ3n) is 3.52. The van der Waals surface area contributed by atoms with Gasteiger partial charge in [-0.2, -0.15) is 0 Å². The number of sulfonamides is 1. The average molecular weight is 298 g/mol. The largest absolute Gasteiger partial charge is 0.356 e. The number of hydrogen-bond acceptors (Lipinski definition) is 5. The third-order valence-corrected chi connectivity index (χ3v) is 4.25. The van der Waals surface area contributed by atoms with Crippen molar-refractivity contribution in [1.82, 2.24) is 14.7 Å². The second-order valence-electron chi connectivity index (χ2n) is 5.37. The molecule has 0 spiro atoms. The molecule has 0 bridgehead atoms. The first-order valence-electron chi connectivity index (χ1n) is 6.93. The second-order valence-corrected chi connectivity index (χ2v) is 7.20. The summed E-state index contributed by atoms with van der Waals surface area (Å²) in [5.74, 6) is 2.26. The van der Waals surface area contributed by atoms with Crippen molar-refractivity contribution in [1.29, 1.82) is 0 Å². The fourth-order valence-corrected chi connectivity index (χ4v) is 3.07. The van der Waals surface area contributed by atoms with Crippen molar-refractivity contribution in [3.8, 4) is 0 Å². The molecule has 0 amide bonds. The van der Waals surface area contributed by atoms with Crippen LogP contribution in [0, 0.1) is 12.8 Å². The van der Waals surface area contributed by atoms with E-state index in [2.05, 4.69) is 19.6 Å². The fourth-order valence-electron chi connectivity index (χ4n) is 2.58. The molecule has 112 valence electrons. The monoisotopic (exact) mass is 298 g/mol. The number of piperidine rings is 1. The Morgan fingerprint density at radius 3 is 3.00 bits per heavy atom. The van der Waals surface area contributed by atoms with Gasteiger partial charge in [0, 0.05) is 25.8 Å². The molecule has 20 heavy (non-hydrogen) atoms. The van der Waals surface area contributed by atoms with Crippen LogP contribution >= 0.6 is 0 Å². The maximum Gasteiger partial charge on any atom is 0.208 e. The van der Waals surface area contributed by atoms with Crippen molar-refractivity contribution in [3.63, 3.8) is 0 Å². The van der Waals surface area contributed by atoms with Crippen molar-refractivity contribution in [2.75, 3.05) is 30.8 Å². The molecule has 1 aromatic heterocycles. The summed E-state index contributed by atoms with van der Waals surface area (Å²) in [6.07, 6.45) is 6.11. The van der Waals surface area contributed by atoms with Crippen LogP contribution in [0.15, 0.2) is 12.3 Å². The summed E-state index contributed by atoms with van der Waals surface area (Å²) in [5, 5.41) is 0. The van der Waals surface area contributed by atoms with Crippen LogP contribution in [-0.2, 0) is 10.0 Å². The van der Waals surface area contributed by atoms with E-state index in [-0.39, 0.29) is 0 Å². The smallest absolute Gasteiger partial charge is 0.208 e. The average Bonchev–Trinajstić information content (AvgIpc) is 2.38. The van der Waals surface area contributed by atoms with E-state index in [9.17, 15) is 8.42 Å². The van der Waals surface area contributed by atoms with Crippen molar-refractivity contribution in [2.24, 2.45) is 5.92 Å². The van der Waals surface area contributed by atoms with E-state index in [1.807, 2.05) is 13.0 Å². The number of hydrogen-bond donors (Lipinski definition) is 1. The SMILES string of the molecule is Cc1nccc(N2CCC[C@@H](CCNS(C)(=O)=O)C2)n1. The highest BCUT2D eigenvalue weighted by Gasteiger charge is 2.21. The molecule has 0 unspecified atom stereocenters. The van der Waals surface area contributed by atoms with Gasteiger partial charge in [-0.25, -0.2) is 23.1 Å². The first kappa shape index (κ1) is 15.2. The molecule has 1 aliphatic heterocycles. The Bertz CT molecular complexity index is 547. The van der Waals surface area contributed by atoms with E-state index in [0.29, 0.717) is 12.5 Å². The van der Waals surface area contributed by atoms with E-state index >= 15 is 0 Å². The predicted molar refractivity (Wildman–Crippen MR) is 79.2 cm³/mol. The summed E-state index contributed by atoms with van der Waals surface area (Å²) in [6, 6.07) is 1.93. The molecule has 0 radical (unpaired) electrons. The highest BCUT2D eigenvalue weighted by molar-refractivity contribution is 7.88. The van der Waals surface area contributed by atoms with Crippen molar-refractivity contribution >= 4 is 15.8 Å². The lowest BCUT2D eigenvalue weighted by molar-refractivity contribution is 0.389. The lowest BCUT2D eigenvalue weighted by Crippen LogP contribution is -2.37. The Balaban J connectivity index is 1.88. The Morgan fingerprint density at radius 1 is 1.50 bits per heavy atom. The summed E-state index contributed by atoms with van der Waals surface area (Å²) in [7, 11) is -3.08. The molecule has 1 saturated heterocycles. The van der Waals surface area contributed by atoms with Crippen molar-refractivity contribution in [3.05, 3.63) is 18.1 Å². The summed E-state index contributed by atoms with van der Waals surface area (Å²) in [6.45, 7) is 4.34. The quantitative estimate of drug-likeness (QED) is 0.875. The molecule has 7 heteroatoms. The fraction of sp³-hybridized carbons (Fsp3) is 0.692. The molecular formula is C13H22N4O2S. The van der Waals surface area contributed by atoms with Crippen molar-refractivity contribution < 1.29 is 8.42 Å².